The highest BCUT2D eigenvalue weighted by atomic mass is 79.9. The summed E-state index contributed by atoms with van der Waals surface area (Å²) in [5, 5.41) is 0.295. The summed E-state index contributed by atoms with van der Waals surface area (Å²) in [6.07, 6.45) is -5.31. The molecule has 1 rings (SSSR count). The topological polar surface area (TPSA) is 57.7 Å². The maximum Gasteiger partial charge on any atom is 0.574 e. The van der Waals surface area contributed by atoms with Gasteiger partial charge in [-0.25, -0.2) is 0 Å². The van der Waals surface area contributed by atoms with Crippen LogP contribution in [0.3, 0.4) is 0 Å². The number of methoxy groups -OCH3 is 2. The van der Waals surface area contributed by atoms with E-state index in [1.54, 1.807) is 0 Å². The molecule has 0 saturated heterocycles. The number of pyridine rings is 1. The second kappa shape index (κ2) is 6.78. The van der Waals surface area contributed by atoms with Crippen molar-refractivity contribution in [3.05, 3.63) is 17.2 Å². The van der Waals surface area contributed by atoms with E-state index in [4.69, 9.17) is 4.74 Å². The van der Waals surface area contributed by atoms with Crippen LogP contribution in [-0.2, 0) is 21.3 Å². The van der Waals surface area contributed by atoms with Crippen LogP contribution >= 0.6 is 15.9 Å². The van der Waals surface area contributed by atoms with Gasteiger partial charge in [-0.3, -0.25) is 4.79 Å². The van der Waals surface area contributed by atoms with Crippen LogP contribution in [0.25, 0.3) is 0 Å². The number of carbonyl (C=O) groups excluding carboxylic acids is 1. The third-order valence-corrected chi connectivity index (χ3v) is 2.82. The van der Waals surface area contributed by atoms with Gasteiger partial charge in [-0.15, -0.1) is 13.2 Å². The van der Waals surface area contributed by atoms with E-state index in [2.05, 4.69) is 30.4 Å². The Labute approximate surface area is 121 Å². The van der Waals surface area contributed by atoms with Gasteiger partial charge in [0.25, 0.3) is 0 Å². The second-order valence-electron chi connectivity index (χ2n) is 3.56. The zero-order valence-corrected chi connectivity index (χ0v) is 12.2. The van der Waals surface area contributed by atoms with E-state index in [1.807, 2.05) is 0 Å². The number of ether oxygens (including phenoxy) is 3. The molecule has 0 radical (unpaired) electrons. The van der Waals surface area contributed by atoms with Gasteiger partial charge < -0.3 is 14.2 Å². The van der Waals surface area contributed by atoms with Crippen LogP contribution in [0, 0.1) is 0 Å². The fraction of sp³-hybridized carbons (Fsp3) is 0.455. The molecule has 1 aromatic heterocycles. The van der Waals surface area contributed by atoms with E-state index in [-0.39, 0.29) is 17.9 Å². The van der Waals surface area contributed by atoms with Gasteiger partial charge in [0.05, 0.1) is 20.6 Å². The molecule has 112 valence electrons. The maximum atomic E-state index is 12.3. The largest absolute Gasteiger partial charge is 0.574 e. The minimum atomic E-state index is -4.92. The van der Waals surface area contributed by atoms with Gasteiger partial charge in [0, 0.05) is 16.5 Å². The van der Waals surface area contributed by atoms with Crippen molar-refractivity contribution < 1.29 is 32.2 Å². The van der Waals surface area contributed by atoms with Crippen molar-refractivity contribution in [2.24, 2.45) is 0 Å². The molecular weight excluding hydrogens is 347 g/mol. The lowest BCUT2D eigenvalue weighted by molar-refractivity contribution is -0.276. The van der Waals surface area contributed by atoms with E-state index < -0.39 is 18.2 Å². The summed E-state index contributed by atoms with van der Waals surface area (Å²) in [5.41, 5.74) is 0.449. The molecule has 0 amide bonds. The summed E-state index contributed by atoms with van der Waals surface area (Å²) in [5.74, 6) is -1.45. The summed E-state index contributed by atoms with van der Waals surface area (Å²) in [6.45, 7) is 0. The average Bonchev–Trinajstić information content (AvgIpc) is 2.38. The normalized spacial score (nSPS) is 11.1. The molecule has 0 saturated carbocycles. The molecule has 0 atom stereocenters. The molecule has 0 spiro atoms. The fourth-order valence-corrected chi connectivity index (χ4v) is 1.80. The quantitative estimate of drug-likeness (QED) is 0.598. The lowest BCUT2D eigenvalue weighted by Gasteiger charge is -2.14. The van der Waals surface area contributed by atoms with Crippen molar-refractivity contribution >= 4 is 21.9 Å². The number of halogens is 4. The molecule has 5 nitrogen and oxygen atoms in total. The molecule has 1 heterocycles. The Hall–Kier alpha value is -1.51. The van der Waals surface area contributed by atoms with E-state index in [1.165, 1.54) is 13.2 Å². The Morgan fingerprint density at radius 1 is 1.30 bits per heavy atom. The Morgan fingerprint density at radius 3 is 2.40 bits per heavy atom. The first kappa shape index (κ1) is 16.5. The Balaban J connectivity index is 3.25. The number of alkyl halides is 4. The summed E-state index contributed by atoms with van der Waals surface area (Å²) >= 11 is 3.15. The number of carbonyl (C=O) groups is 1. The van der Waals surface area contributed by atoms with Gasteiger partial charge in [0.2, 0.25) is 11.8 Å². The van der Waals surface area contributed by atoms with E-state index in [9.17, 15) is 18.0 Å². The third kappa shape index (κ3) is 4.55. The molecule has 0 aliphatic rings. The second-order valence-corrected chi connectivity index (χ2v) is 4.12. The predicted molar refractivity (Wildman–Crippen MR) is 65.8 cm³/mol. The first-order valence-electron chi connectivity index (χ1n) is 5.26. The Morgan fingerprint density at radius 2 is 1.95 bits per heavy atom. The van der Waals surface area contributed by atoms with Crippen LogP contribution < -0.4 is 9.47 Å². The van der Waals surface area contributed by atoms with E-state index in [0.717, 1.165) is 7.11 Å². The van der Waals surface area contributed by atoms with Crippen molar-refractivity contribution in [2.45, 2.75) is 18.1 Å². The van der Waals surface area contributed by atoms with Gasteiger partial charge >= 0.3 is 12.3 Å². The van der Waals surface area contributed by atoms with Crippen molar-refractivity contribution in [3.8, 4) is 11.8 Å². The van der Waals surface area contributed by atoms with Crippen LogP contribution in [0.2, 0.25) is 0 Å². The first-order chi connectivity index (χ1) is 9.30. The van der Waals surface area contributed by atoms with E-state index >= 15 is 0 Å². The molecule has 0 aliphatic carbocycles. The van der Waals surface area contributed by atoms with Crippen molar-refractivity contribution in [1.82, 2.24) is 4.98 Å². The Bertz CT molecular complexity index is 493. The highest BCUT2D eigenvalue weighted by molar-refractivity contribution is 9.08. The molecule has 0 bridgehead atoms. The maximum absolute atomic E-state index is 12.3. The standard InChI is InChI=1S/C11H11BrF3NO4/c1-18-8(17)4-6-3-7(5-12)9(19-2)16-10(6)20-11(13,14)15/h3H,4-5H2,1-2H3. The molecule has 1 aromatic rings. The number of rotatable bonds is 5. The summed E-state index contributed by atoms with van der Waals surface area (Å²) in [6, 6.07) is 1.35. The van der Waals surface area contributed by atoms with Gasteiger partial charge in [-0.05, 0) is 6.07 Å². The highest BCUT2D eigenvalue weighted by Crippen LogP contribution is 2.30. The van der Waals surface area contributed by atoms with Crippen molar-refractivity contribution in [2.75, 3.05) is 14.2 Å². The first-order valence-corrected chi connectivity index (χ1v) is 6.38. The number of esters is 1. The SMILES string of the molecule is COC(=O)Cc1cc(CBr)c(OC)nc1OC(F)(F)F. The van der Waals surface area contributed by atoms with Gasteiger partial charge in [0.1, 0.15) is 0 Å². The van der Waals surface area contributed by atoms with Gasteiger partial charge in [0.15, 0.2) is 0 Å². The monoisotopic (exact) mass is 357 g/mol. The molecule has 20 heavy (non-hydrogen) atoms. The molecule has 0 unspecified atom stereocenters. The van der Waals surface area contributed by atoms with Crippen LogP contribution in [0.5, 0.6) is 11.8 Å². The molecular formula is C11H11BrF3NO4. The van der Waals surface area contributed by atoms with Crippen LogP contribution in [-0.4, -0.2) is 31.5 Å². The third-order valence-electron chi connectivity index (χ3n) is 2.21. The molecule has 0 aliphatic heterocycles. The lowest BCUT2D eigenvalue weighted by atomic mass is 10.1. The fourth-order valence-electron chi connectivity index (χ4n) is 1.39. The smallest absolute Gasteiger partial charge is 0.481 e. The van der Waals surface area contributed by atoms with E-state index in [0.29, 0.717) is 10.9 Å². The van der Waals surface area contributed by atoms with Gasteiger partial charge in [-0.1, -0.05) is 15.9 Å². The molecule has 9 heteroatoms. The van der Waals surface area contributed by atoms with Crippen molar-refractivity contribution in [1.29, 1.82) is 0 Å². The average molecular weight is 358 g/mol. The van der Waals surface area contributed by atoms with Crippen LogP contribution in [0.15, 0.2) is 6.07 Å². The Kier molecular flexibility index (Phi) is 5.61. The summed E-state index contributed by atoms with van der Waals surface area (Å²) in [7, 11) is 2.40. The summed E-state index contributed by atoms with van der Waals surface area (Å²) in [4.78, 5) is 14.9. The molecule has 0 N–H and O–H groups in total. The summed E-state index contributed by atoms with van der Waals surface area (Å²) < 4.78 is 50.1. The zero-order chi connectivity index (χ0) is 15.3. The van der Waals surface area contributed by atoms with Crippen LogP contribution in [0.1, 0.15) is 11.1 Å². The highest BCUT2D eigenvalue weighted by Gasteiger charge is 2.33. The minimum absolute atomic E-state index is 0.0188. The predicted octanol–water partition coefficient (Wildman–Crippen LogP) is 2.60. The van der Waals surface area contributed by atoms with Gasteiger partial charge in [-0.2, -0.15) is 4.98 Å². The number of nitrogens with zero attached hydrogens (tertiary/aromatic N) is 1. The zero-order valence-electron chi connectivity index (χ0n) is 10.6. The lowest BCUT2D eigenvalue weighted by Crippen LogP contribution is -2.20. The minimum Gasteiger partial charge on any atom is -0.481 e. The number of hydrogen-bond donors (Lipinski definition) is 0. The molecule has 0 fully saturated rings. The van der Waals surface area contributed by atoms with Crippen LogP contribution in [0.4, 0.5) is 13.2 Å². The number of aromatic nitrogens is 1. The van der Waals surface area contributed by atoms with Crippen molar-refractivity contribution in [3.63, 3.8) is 0 Å². The molecule has 0 aromatic carbocycles. The number of hydrogen-bond acceptors (Lipinski definition) is 5.